The zero-order valence-corrected chi connectivity index (χ0v) is 24.7. The van der Waals surface area contributed by atoms with E-state index in [1.54, 1.807) is 31.3 Å². The number of hydrogen-bond acceptors (Lipinski definition) is 5. The molecule has 0 saturated heterocycles. The number of methoxy groups -OCH3 is 3. The summed E-state index contributed by atoms with van der Waals surface area (Å²) in [6.07, 6.45) is 7.12. The van der Waals surface area contributed by atoms with Crippen molar-refractivity contribution in [1.29, 1.82) is 0 Å². The van der Waals surface area contributed by atoms with Gasteiger partial charge in [-0.1, -0.05) is 55.7 Å². The Kier molecular flexibility index (Phi) is 9.00. The monoisotopic (exact) mass is 569 g/mol. The average molecular weight is 570 g/mol. The van der Waals surface area contributed by atoms with E-state index in [4.69, 9.17) is 14.2 Å². The van der Waals surface area contributed by atoms with E-state index < -0.39 is 6.04 Å². The molecular weight excluding hydrogens is 530 g/mol. The van der Waals surface area contributed by atoms with Crippen LogP contribution in [0.5, 0.6) is 17.2 Å². The highest BCUT2D eigenvalue weighted by molar-refractivity contribution is 6.04. The molecule has 1 aliphatic carbocycles. The van der Waals surface area contributed by atoms with Crippen LogP contribution >= 0.6 is 0 Å². The number of fused-ring (bicyclic) bond motifs is 1. The third kappa shape index (κ3) is 5.93. The maximum atomic E-state index is 14.5. The highest BCUT2D eigenvalue weighted by Crippen LogP contribution is 2.42. The minimum absolute atomic E-state index is 0.0539. The van der Waals surface area contributed by atoms with E-state index in [1.807, 2.05) is 61.7 Å². The molecule has 1 saturated carbocycles. The zero-order chi connectivity index (χ0) is 29.6. The average Bonchev–Trinajstić information content (AvgIpc) is 3.42. The number of H-pyrrole nitrogens is 1. The maximum absolute atomic E-state index is 14.5. The maximum Gasteiger partial charge on any atom is 0.248 e. The van der Waals surface area contributed by atoms with Crippen LogP contribution in [0, 0.1) is 6.92 Å². The van der Waals surface area contributed by atoms with Crippen LogP contribution in [-0.2, 0) is 16.0 Å². The second kappa shape index (κ2) is 13.0. The van der Waals surface area contributed by atoms with Crippen LogP contribution < -0.4 is 24.4 Å². The van der Waals surface area contributed by atoms with Crippen molar-refractivity contribution in [1.82, 2.24) is 10.3 Å². The number of nitrogens with one attached hydrogen (secondary N) is 2. The molecule has 0 spiro atoms. The minimum Gasteiger partial charge on any atom is -0.493 e. The topological polar surface area (TPSA) is 92.9 Å². The van der Waals surface area contributed by atoms with Gasteiger partial charge in [0.25, 0.3) is 0 Å². The molecule has 3 aromatic carbocycles. The van der Waals surface area contributed by atoms with Crippen LogP contribution in [0.15, 0.2) is 66.9 Å². The van der Waals surface area contributed by atoms with Crippen molar-refractivity contribution in [3.63, 3.8) is 0 Å². The van der Waals surface area contributed by atoms with E-state index in [9.17, 15) is 9.59 Å². The molecule has 1 atom stereocenters. The minimum atomic E-state index is -0.987. The molecule has 0 bridgehead atoms. The number of anilines is 1. The van der Waals surface area contributed by atoms with Crippen LogP contribution in [0.2, 0.25) is 0 Å². The molecule has 1 aliphatic rings. The van der Waals surface area contributed by atoms with Gasteiger partial charge in [-0.05, 0) is 60.7 Å². The van der Waals surface area contributed by atoms with Gasteiger partial charge >= 0.3 is 0 Å². The fraction of sp³-hybridized carbons (Fsp3) is 0.353. The molecule has 220 valence electrons. The van der Waals surface area contributed by atoms with Gasteiger partial charge in [-0.2, -0.15) is 0 Å². The van der Waals surface area contributed by atoms with Gasteiger partial charge < -0.3 is 24.5 Å². The fourth-order valence-corrected chi connectivity index (χ4v) is 5.98. The molecule has 4 aromatic rings. The van der Waals surface area contributed by atoms with E-state index >= 15 is 0 Å². The third-order valence-corrected chi connectivity index (χ3v) is 8.12. The number of aromatic amines is 1. The normalized spacial score (nSPS) is 14.3. The molecule has 5 rings (SSSR count). The molecule has 2 amide bonds. The summed E-state index contributed by atoms with van der Waals surface area (Å²) in [6, 6.07) is 18.1. The molecule has 0 unspecified atom stereocenters. The van der Waals surface area contributed by atoms with Crippen LogP contribution in [0.3, 0.4) is 0 Å². The molecule has 0 aliphatic heterocycles. The van der Waals surface area contributed by atoms with Gasteiger partial charge in [-0.15, -0.1) is 0 Å². The summed E-state index contributed by atoms with van der Waals surface area (Å²) in [5, 5.41) is 4.26. The number of nitrogens with zero attached hydrogens (tertiary/aromatic N) is 1. The summed E-state index contributed by atoms with van der Waals surface area (Å²) < 4.78 is 16.9. The summed E-state index contributed by atoms with van der Waals surface area (Å²) in [5.74, 6) is 0.799. The Balaban J connectivity index is 1.65. The Morgan fingerprint density at radius 1 is 0.929 bits per heavy atom. The standard InChI is InChI=1S/C34H39N3O5/c1-22-12-8-11-17-28(22)37(31(38)20-24-21-35-27-16-10-9-15-26(24)27)32(34(39)36-25-13-6-5-7-14-25)23-18-29(40-2)33(42-4)30(19-23)41-3/h8-12,15-19,21,25,32,35H,5-7,13-14,20H2,1-4H3,(H,36,39)/t32-/m1/s1. The molecule has 2 N–H and O–H groups in total. The fourth-order valence-electron chi connectivity index (χ4n) is 5.98. The number of aryl methyl sites for hydroxylation is 1. The molecule has 0 radical (unpaired) electrons. The van der Waals surface area contributed by atoms with Crippen molar-refractivity contribution in [2.24, 2.45) is 0 Å². The molecule has 8 heteroatoms. The number of ether oxygens (including phenoxy) is 3. The zero-order valence-electron chi connectivity index (χ0n) is 24.7. The summed E-state index contributed by atoms with van der Waals surface area (Å²) in [6.45, 7) is 1.95. The molecule has 42 heavy (non-hydrogen) atoms. The predicted molar refractivity (Wildman–Crippen MR) is 165 cm³/mol. The molecular formula is C34H39N3O5. The number of para-hydroxylation sites is 2. The predicted octanol–water partition coefficient (Wildman–Crippen LogP) is 6.27. The second-order valence-electron chi connectivity index (χ2n) is 10.8. The van der Waals surface area contributed by atoms with Crippen molar-refractivity contribution in [2.75, 3.05) is 26.2 Å². The van der Waals surface area contributed by atoms with Crippen molar-refractivity contribution >= 4 is 28.4 Å². The van der Waals surface area contributed by atoms with Gasteiger partial charge in [-0.3, -0.25) is 14.5 Å². The Hall–Kier alpha value is -4.46. The van der Waals surface area contributed by atoms with E-state index in [-0.39, 0.29) is 24.3 Å². The lowest BCUT2D eigenvalue weighted by atomic mass is 9.94. The Morgan fingerprint density at radius 2 is 1.60 bits per heavy atom. The Morgan fingerprint density at radius 3 is 2.26 bits per heavy atom. The van der Waals surface area contributed by atoms with Gasteiger partial charge in [0, 0.05) is 28.8 Å². The lowest BCUT2D eigenvalue weighted by molar-refractivity contribution is -0.127. The van der Waals surface area contributed by atoms with Gasteiger partial charge in [0.05, 0.1) is 27.8 Å². The summed E-state index contributed by atoms with van der Waals surface area (Å²) >= 11 is 0. The van der Waals surface area contributed by atoms with Gasteiger partial charge in [0.15, 0.2) is 11.5 Å². The summed E-state index contributed by atoms with van der Waals surface area (Å²) in [5.41, 5.74) is 3.94. The van der Waals surface area contributed by atoms with Gasteiger partial charge in [0.2, 0.25) is 17.6 Å². The van der Waals surface area contributed by atoms with Gasteiger partial charge in [0.1, 0.15) is 6.04 Å². The number of benzene rings is 3. The number of aromatic nitrogens is 1. The number of hydrogen-bond donors (Lipinski definition) is 2. The van der Waals surface area contributed by atoms with Crippen LogP contribution in [-0.4, -0.2) is 44.2 Å². The quantitative estimate of drug-likeness (QED) is 0.235. The summed E-state index contributed by atoms with van der Waals surface area (Å²) in [7, 11) is 4.62. The second-order valence-corrected chi connectivity index (χ2v) is 10.8. The highest BCUT2D eigenvalue weighted by atomic mass is 16.5. The lowest BCUT2D eigenvalue weighted by Gasteiger charge is -2.34. The van der Waals surface area contributed by atoms with Crippen molar-refractivity contribution in [2.45, 2.75) is 57.5 Å². The van der Waals surface area contributed by atoms with E-state index in [0.29, 0.717) is 28.5 Å². The Bertz CT molecular complexity index is 1530. The first-order valence-corrected chi connectivity index (χ1v) is 14.5. The largest absolute Gasteiger partial charge is 0.493 e. The molecule has 1 aromatic heterocycles. The van der Waals surface area contributed by atoms with E-state index in [2.05, 4.69) is 10.3 Å². The van der Waals surface area contributed by atoms with E-state index in [0.717, 1.165) is 47.7 Å². The molecule has 1 fully saturated rings. The van der Waals surface area contributed by atoms with Crippen molar-refractivity contribution in [3.8, 4) is 17.2 Å². The number of rotatable bonds is 10. The smallest absolute Gasteiger partial charge is 0.248 e. The van der Waals surface area contributed by atoms with E-state index in [1.165, 1.54) is 13.5 Å². The number of carbonyl (C=O) groups is 2. The van der Waals surface area contributed by atoms with Crippen LogP contribution in [0.1, 0.15) is 54.8 Å². The number of carbonyl (C=O) groups excluding carboxylic acids is 2. The first kappa shape index (κ1) is 29.0. The highest BCUT2D eigenvalue weighted by Gasteiger charge is 2.36. The van der Waals surface area contributed by atoms with Crippen LogP contribution in [0.4, 0.5) is 5.69 Å². The molecule has 8 nitrogen and oxygen atoms in total. The van der Waals surface area contributed by atoms with Crippen molar-refractivity contribution < 1.29 is 23.8 Å². The Labute approximate surface area is 247 Å². The third-order valence-electron chi connectivity index (χ3n) is 8.12. The first-order valence-electron chi connectivity index (χ1n) is 14.5. The molecule has 1 heterocycles. The number of amides is 2. The SMILES string of the molecule is COc1cc([C@H](C(=O)NC2CCCCC2)N(C(=O)Cc2c[nH]c3ccccc23)c2ccccc2C)cc(OC)c1OC. The van der Waals surface area contributed by atoms with Gasteiger partial charge in [-0.25, -0.2) is 0 Å². The van der Waals surface area contributed by atoms with Crippen molar-refractivity contribution in [3.05, 3.63) is 83.6 Å². The van der Waals surface area contributed by atoms with Crippen LogP contribution in [0.25, 0.3) is 10.9 Å². The lowest BCUT2D eigenvalue weighted by Crippen LogP contribution is -2.48. The summed E-state index contributed by atoms with van der Waals surface area (Å²) in [4.78, 5) is 33.8. The first-order chi connectivity index (χ1) is 20.4.